The summed E-state index contributed by atoms with van der Waals surface area (Å²) in [4.78, 5) is 12.7. The maximum Gasteiger partial charge on any atom is 0.242 e. The van der Waals surface area contributed by atoms with Gasteiger partial charge in [0.05, 0.1) is 0 Å². The first-order valence-corrected chi connectivity index (χ1v) is 4.51. The maximum absolute atomic E-state index is 11.1. The van der Waals surface area contributed by atoms with Gasteiger partial charge in [-0.05, 0) is 0 Å². The average Bonchev–Trinajstić information content (AvgIpc) is 2.18. The number of rotatable bonds is 3. The van der Waals surface area contributed by atoms with Gasteiger partial charge in [-0.1, -0.05) is 6.07 Å². The standard InChI is InChI=1S/C9H12ClN2O.ClH/c1-11(9(13)7-10)8-12-5-3-2-4-6-12;/h2-6H,7-8H2,1H3;1H/q+1;. The minimum atomic E-state index is -0.0713. The Kier molecular flexibility index (Phi) is 6.25. The van der Waals surface area contributed by atoms with Crippen molar-refractivity contribution in [3.05, 3.63) is 30.6 Å². The van der Waals surface area contributed by atoms with E-state index in [4.69, 9.17) is 11.6 Å². The second-order valence-corrected chi connectivity index (χ2v) is 3.02. The number of amides is 1. The van der Waals surface area contributed by atoms with Crippen molar-refractivity contribution in [2.75, 3.05) is 12.9 Å². The monoisotopic (exact) mass is 235 g/mol. The zero-order valence-corrected chi connectivity index (χ0v) is 9.46. The van der Waals surface area contributed by atoms with Crippen LogP contribution >= 0.6 is 24.0 Å². The molecular weight excluding hydrogens is 223 g/mol. The summed E-state index contributed by atoms with van der Waals surface area (Å²) < 4.78 is 1.91. The predicted octanol–water partition coefficient (Wildman–Crippen LogP) is 1.05. The molecule has 1 heterocycles. The number of aromatic nitrogens is 1. The SMILES string of the molecule is CN(C[n+]1ccccc1)C(=O)CCl.Cl. The van der Waals surface area contributed by atoms with Crippen LogP contribution in [0.1, 0.15) is 0 Å². The Morgan fingerprint density at radius 2 is 1.93 bits per heavy atom. The Morgan fingerprint density at radius 3 is 2.43 bits per heavy atom. The highest BCUT2D eigenvalue weighted by atomic mass is 35.5. The maximum atomic E-state index is 11.1. The molecule has 1 rings (SSSR count). The third-order valence-electron chi connectivity index (χ3n) is 1.69. The van der Waals surface area contributed by atoms with Gasteiger partial charge in [0.15, 0.2) is 12.4 Å². The van der Waals surface area contributed by atoms with Crippen molar-refractivity contribution in [1.29, 1.82) is 0 Å². The number of hydrogen-bond acceptors (Lipinski definition) is 1. The summed E-state index contributed by atoms with van der Waals surface area (Å²) >= 11 is 5.41. The van der Waals surface area contributed by atoms with Crippen LogP contribution in [-0.4, -0.2) is 23.7 Å². The van der Waals surface area contributed by atoms with Crippen LogP contribution in [-0.2, 0) is 11.5 Å². The van der Waals surface area contributed by atoms with Crippen LogP contribution in [0.4, 0.5) is 0 Å². The molecule has 0 N–H and O–H groups in total. The van der Waals surface area contributed by atoms with Crippen molar-refractivity contribution < 1.29 is 9.36 Å². The van der Waals surface area contributed by atoms with E-state index in [1.165, 1.54) is 0 Å². The van der Waals surface area contributed by atoms with Gasteiger partial charge in [0.25, 0.3) is 0 Å². The number of carbonyl (C=O) groups is 1. The Bertz CT molecular complexity index is 279. The summed E-state index contributed by atoms with van der Waals surface area (Å²) in [5.74, 6) is -0.0396. The largest absolute Gasteiger partial charge is 0.289 e. The van der Waals surface area contributed by atoms with Gasteiger partial charge in [-0.25, -0.2) is 0 Å². The van der Waals surface area contributed by atoms with Crippen molar-refractivity contribution >= 4 is 29.9 Å². The van der Waals surface area contributed by atoms with Gasteiger partial charge >= 0.3 is 0 Å². The lowest BCUT2D eigenvalue weighted by molar-refractivity contribution is -0.711. The quantitative estimate of drug-likeness (QED) is 0.568. The van der Waals surface area contributed by atoms with E-state index in [9.17, 15) is 4.79 Å². The fourth-order valence-electron chi connectivity index (χ4n) is 0.954. The van der Waals surface area contributed by atoms with E-state index in [2.05, 4.69) is 0 Å². The number of carbonyl (C=O) groups excluding carboxylic acids is 1. The minimum absolute atomic E-state index is 0. The summed E-state index contributed by atoms with van der Waals surface area (Å²) in [6, 6.07) is 5.76. The van der Waals surface area contributed by atoms with E-state index in [1.807, 2.05) is 35.2 Å². The Morgan fingerprint density at radius 1 is 1.36 bits per heavy atom. The molecule has 0 aliphatic carbocycles. The highest BCUT2D eigenvalue weighted by Crippen LogP contribution is 1.87. The molecule has 0 aliphatic rings. The number of halogens is 2. The van der Waals surface area contributed by atoms with Gasteiger partial charge < -0.3 is 0 Å². The second-order valence-electron chi connectivity index (χ2n) is 2.76. The minimum Gasteiger partial charge on any atom is -0.289 e. The van der Waals surface area contributed by atoms with Crippen molar-refractivity contribution in [3.63, 3.8) is 0 Å². The third-order valence-corrected chi connectivity index (χ3v) is 1.92. The van der Waals surface area contributed by atoms with Crippen molar-refractivity contribution in [3.8, 4) is 0 Å². The first kappa shape index (κ1) is 13.2. The molecule has 0 atom stereocenters. The molecule has 0 radical (unpaired) electrons. The predicted molar refractivity (Wildman–Crippen MR) is 57.4 cm³/mol. The zero-order chi connectivity index (χ0) is 9.68. The van der Waals surface area contributed by atoms with Crippen LogP contribution in [0.15, 0.2) is 30.6 Å². The Hall–Kier alpha value is -0.800. The van der Waals surface area contributed by atoms with Crippen LogP contribution in [0, 0.1) is 0 Å². The number of pyridine rings is 1. The molecule has 14 heavy (non-hydrogen) atoms. The summed E-state index contributed by atoms with van der Waals surface area (Å²) in [7, 11) is 1.73. The molecule has 0 fully saturated rings. The normalized spacial score (nSPS) is 9.00. The van der Waals surface area contributed by atoms with E-state index in [-0.39, 0.29) is 24.2 Å². The first-order valence-electron chi connectivity index (χ1n) is 3.98. The van der Waals surface area contributed by atoms with Crippen LogP contribution in [0.25, 0.3) is 0 Å². The third kappa shape index (κ3) is 3.94. The fourth-order valence-corrected chi connectivity index (χ4v) is 1.16. The van der Waals surface area contributed by atoms with Gasteiger partial charge in [0.2, 0.25) is 12.6 Å². The lowest BCUT2D eigenvalue weighted by Crippen LogP contribution is -2.44. The average molecular weight is 236 g/mol. The number of nitrogens with zero attached hydrogens (tertiary/aromatic N) is 2. The van der Waals surface area contributed by atoms with Crippen LogP contribution in [0.5, 0.6) is 0 Å². The Balaban J connectivity index is 0.00000169. The van der Waals surface area contributed by atoms with Gasteiger partial charge in [-0.15, -0.1) is 24.0 Å². The number of hydrogen-bond donors (Lipinski definition) is 0. The van der Waals surface area contributed by atoms with E-state index in [0.29, 0.717) is 6.67 Å². The molecule has 0 aliphatic heterocycles. The van der Waals surface area contributed by atoms with E-state index in [1.54, 1.807) is 11.9 Å². The summed E-state index contributed by atoms with van der Waals surface area (Å²) in [5, 5.41) is 0. The smallest absolute Gasteiger partial charge is 0.242 e. The molecule has 0 aromatic carbocycles. The highest BCUT2D eigenvalue weighted by molar-refractivity contribution is 6.27. The second kappa shape index (κ2) is 6.62. The van der Waals surface area contributed by atoms with Crippen LogP contribution in [0.3, 0.4) is 0 Å². The molecule has 1 amide bonds. The Labute approximate surface area is 94.7 Å². The van der Waals surface area contributed by atoms with Gasteiger partial charge in [-0.2, -0.15) is 4.57 Å². The molecule has 78 valence electrons. The van der Waals surface area contributed by atoms with Crippen LogP contribution in [0.2, 0.25) is 0 Å². The molecule has 0 saturated heterocycles. The van der Waals surface area contributed by atoms with Crippen LogP contribution < -0.4 is 4.57 Å². The molecular formula is C9H13Cl2N2O+. The van der Waals surface area contributed by atoms with E-state index >= 15 is 0 Å². The molecule has 0 unspecified atom stereocenters. The van der Waals surface area contributed by atoms with Crippen molar-refractivity contribution in [2.45, 2.75) is 6.67 Å². The summed E-state index contributed by atoms with van der Waals surface area (Å²) in [6.07, 6.45) is 3.80. The van der Waals surface area contributed by atoms with Crippen molar-refractivity contribution in [2.24, 2.45) is 0 Å². The molecule has 5 heteroatoms. The molecule has 0 saturated carbocycles. The topological polar surface area (TPSA) is 24.2 Å². The lowest BCUT2D eigenvalue weighted by Gasteiger charge is -2.10. The molecule has 1 aromatic heterocycles. The lowest BCUT2D eigenvalue weighted by atomic mass is 10.5. The number of alkyl halides is 1. The van der Waals surface area contributed by atoms with E-state index in [0.717, 1.165) is 0 Å². The van der Waals surface area contributed by atoms with Gasteiger partial charge in [0, 0.05) is 19.2 Å². The first-order chi connectivity index (χ1) is 6.24. The molecule has 3 nitrogen and oxygen atoms in total. The van der Waals surface area contributed by atoms with E-state index < -0.39 is 0 Å². The fraction of sp³-hybridized carbons (Fsp3) is 0.333. The zero-order valence-electron chi connectivity index (χ0n) is 7.89. The molecule has 0 bridgehead atoms. The van der Waals surface area contributed by atoms with Gasteiger partial charge in [-0.3, -0.25) is 9.69 Å². The summed E-state index contributed by atoms with van der Waals surface area (Å²) in [5.41, 5.74) is 0. The van der Waals surface area contributed by atoms with Gasteiger partial charge in [0.1, 0.15) is 5.88 Å². The van der Waals surface area contributed by atoms with Crippen molar-refractivity contribution in [1.82, 2.24) is 4.90 Å². The molecule has 1 aromatic rings. The highest BCUT2D eigenvalue weighted by Gasteiger charge is 2.10. The molecule has 0 spiro atoms. The summed E-state index contributed by atoms with van der Waals surface area (Å²) in [6.45, 7) is 0.534.